The van der Waals surface area contributed by atoms with Crippen LogP contribution in [0.2, 0.25) is 0 Å². The summed E-state index contributed by atoms with van der Waals surface area (Å²) in [5.74, 6) is 0. The summed E-state index contributed by atoms with van der Waals surface area (Å²) in [4.78, 5) is 4.83. The van der Waals surface area contributed by atoms with Crippen molar-refractivity contribution in [3.05, 3.63) is 51.0 Å². The summed E-state index contributed by atoms with van der Waals surface area (Å²) in [6, 6.07) is 6.66. The van der Waals surface area contributed by atoms with E-state index in [0.29, 0.717) is 4.83 Å². The largest absolute Gasteiger partial charge is 0.245 e. The SMILES string of the molecule is Cc1nc(C(Br)Cc2ccc(C)c(C)c2)cs1. The Morgan fingerprint density at radius 3 is 2.59 bits per heavy atom. The fraction of sp³-hybridized carbons (Fsp3) is 0.357. The highest BCUT2D eigenvalue weighted by Crippen LogP contribution is 2.28. The van der Waals surface area contributed by atoms with E-state index in [9.17, 15) is 0 Å². The smallest absolute Gasteiger partial charge is 0.0897 e. The van der Waals surface area contributed by atoms with Gasteiger partial charge in [-0.3, -0.25) is 0 Å². The molecule has 2 aromatic rings. The molecule has 0 aliphatic heterocycles. The Balaban J connectivity index is 2.12. The lowest BCUT2D eigenvalue weighted by atomic mass is 10.0. The first kappa shape index (κ1) is 12.8. The molecule has 1 heterocycles. The van der Waals surface area contributed by atoms with Gasteiger partial charge in [-0.05, 0) is 43.9 Å². The number of benzene rings is 1. The van der Waals surface area contributed by atoms with Crippen LogP contribution in [0.4, 0.5) is 0 Å². The van der Waals surface area contributed by atoms with Crippen LogP contribution in [0.1, 0.15) is 32.2 Å². The van der Waals surface area contributed by atoms with E-state index in [-0.39, 0.29) is 0 Å². The van der Waals surface area contributed by atoms with Gasteiger partial charge in [-0.2, -0.15) is 0 Å². The number of aromatic nitrogens is 1. The molecule has 17 heavy (non-hydrogen) atoms. The molecular weight excluding hydrogens is 294 g/mol. The van der Waals surface area contributed by atoms with Crippen LogP contribution in [-0.4, -0.2) is 4.98 Å². The van der Waals surface area contributed by atoms with Crippen molar-refractivity contribution in [2.24, 2.45) is 0 Å². The summed E-state index contributed by atoms with van der Waals surface area (Å²) >= 11 is 5.43. The van der Waals surface area contributed by atoms with Crippen LogP contribution >= 0.6 is 27.3 Å². The number of halogens is 1. The highest BCUT2D eigenvalue weighted by atomic mass is 79.9. The van der Waals surface area contributed by atoms with Gasteiger partial charge in [-0.25, -0.2) is 4.98 Å². The normalized spacial score (nSPS) is 12.7. The number of thiazole rings is 1. The average Bonchev–Trinajstić information content (AvgIpc) is 2.70. The molecular formula is C14H16BrNS. The van der Waals surface area contributed by atoms with E-state index in [4.69, 9.17) is 0 Å². The molecule has 90 valence electrons. The van der Waals surface area contributed by atoms with Crippen molar-refractivity contribution in [2.75, 3.05) is 0 Å². The van der Waals surface area contributed by atoms with Crippen molar-refractivity contribution in [1.29, 1.82) is 0 Å². The van der Waals surface area contributed by atoms with Crippen molar-refractivity contribution >= 4 is 27.3 Å². The van der Waals surface area contributed by atoms with Gasteiger partial charge in [-0.1, -0.05) is 34.1 Å². The average molecular weight is 310 g/mol. The zero-order valence-electron chi connectivity index (χ0n) is 10.3. The van der Waals surface area contributed by atoms with E-state index >= 15 is 0 Å². The molecule has 0 amide bonds. The molecule has 1 aromatic heterocycles. The van der Waals surface area contributed by atoms with E-state index in [2.05, 4.69) is 58.3 Å². The number of nitrogens with zero attached hydrogens (tertiary/aromatic N) is 1. The molecule has 0 bridgehead atoms. The maximum atomic E-state index is 4.52. The van der Waals surface area contributed by atoms with Gasteiger partial charge in [0.15, 0.2) is 0 Å². The maximum absolute atomic E-state index is 4.52. The van der Waals surface area contributed by atoms with Gasteiger partial charge in [0, 0.05) is 5.38 Å². The molecule has 0 fully saturated rings. The maximum Gasteiger partial charge on any atom is 0.0897 e. The third-order valence-electron chi connectivity index (χ3n) is 2.94. The minimum atomic E-state index is 0.314. The molecule has 0 aliphatic carbocycles. The number of hydrogen-bond acceptors (Lipinski definition) is 2. The van der Waals surface area contributed by atoms with Crippen LogP contribution < -0.4 is 0 Å². The van der Waals surface area contributed by atoms with Crippen LogP contribution in [0, 0.1) is 20.8 Å². The minimum absolute atomic E-state index is 0.314. The molecule has 1 unspecified atom stereocenters. The lowest BCUT2D eigenvalue weighted by molar-refractivity contribution is 0.907. The summed E-state index contributed by atoms with van der Waals surface area (Å²) in [5, 5.41) is 3.26. The van der Waals surface area contributed by atoms with Gasteiger partial charge in [-0.15, -0.1) is 11.3 Å². The first-order chi connectivity index (χ1) is 8.06. The monoisotopic (exact) mass is 309 g/mol. The Morgan fingerprint density at radius 1 is 1.24 bits per heavy atom. The highest BCUT2D eigenvalue weighted by Gasteiger charge is 2.11. The number of aryl methyl sites for hydroxylation is 3. The van der Waals surface area contributed by atoms with Crippen molar-refractivity contribution in [1.82, 2.24) is 4.98 Å². The van der Waals surface area contributed by atoms with Crippen molar-refractivity contribution < 1.29 is 0 Å². The molecule has 3 heteroatoms. The van der Waals surface area contributed by atoms with Crippen molar-refractivity contribution in [3.8, 4) is 0 Å². The molecule has 1 nitrogen and oxygen atoms in total. The lowest BCUT2D eigenvalue weighted by Crippen LogP contribution is -1.97. The first-order valence-corrected chi connectivity index (χ1v) is 7.48. The Kier molecular flexibility index (Phi) is 4.00. The Hall–Kier alpha value is -0.670. The predicted octanol–water partition coefficient (Wildman–Crippen LogP) is 4.75. The zero-order chi connectivity index (χ0) is 12.4. The third kappa shape index (κ3) is 3.17. The molecule has 1 aromatic carbocycles. The highest BCUT2D eigenvalue weighted by molar-refractivity contribution is 9.09. The molecule has 0 spiro atoms. The van der Waals surface area contributed by atoms with E-state index in [0.717, 1.165) is 17.1 Å². The molecule has 0 saturated carbocycles. The Morgan fingerprint density at radius 2 is 2.00 bits per heavy atom. The number of hydrogen-bond donors (Lipinski definition) is 0. The lowest BCUT2D eigenvalue weighted by Gasteiger charge is -2.09. The molecule has 0 N–H and O–H groups in total. The summed E-state index contributed by atoms with van der Waals surface area (Å²) in [5.41, 5.74) is 5.22. The number of alkyl halides is 1. The molecule has 0 radical (unpaired) electrons. The predicted molar refractivity (Wildman–Crippen MR) is 78.1 cm³/mol. The standard InChI is InChI=1S/C14H16BrNS/c1-9-4-5-12(6-10(9)2)7-13(15)14-8-17-11(3)16-14/h4-6,8,13H,7H2,1-3H3. The minimum Gasteiger partial charge on any atom is -0.245 e. The fourth-order valence-electron chi connectivity index (χ4n) is 1.77. The summed E-state index contributed by atoms with van der Waals surface area (Å²) in [7, 11) is 0. The van der Waals surface area contributed by atoms with Crippen LogP contribution in [0.5, 0.6) is 0 Å². The second-order valence-electron chi connectivity index (χ2n) is 4.38. The van der Waals surface area contributed by atoms with E-state index in [1.165, 1.54) is 16.7 Å². The molecule has 1 atom stereocenters. The fourth-order valence-corrected chi connectivity index (χ4v) is 3.22. The van der Waals surface area contributed by atoms with Crippen molar-refractivity contribution in [2.45, 2.75) is 32.0 Å². The Labute approximate surface area is 115 Å². The molecule has 0 aliphatic rings. The van der Waals surface area contributed by atoms with Gasteiger partial charge in [0.2, 0.25) is 0 Å². The van der Waals surface area contributed by atoms with Crippen LogP contribution in [-0.2, 0) is 6.42 Å². The van der Waals surface area contributed by atoms with Crippen LogP contribution in [0.15, 0.2) is 23.6 Å². The number of rotatable bonds is 3. The van der Waals surface area contributed by atoms with Gasteiger partial charge < -0.3 is 0 Å². The summed E-state index contributed by atoms with van der Waals surface area (Å²) < 4.78 is 0. The van der Waals surface area contributed by atoms with Crippen molar-refractivity contribution in [3.63, 3.8) is 0 Å². The van der Waals surface area contributed by atoms with Gasteiger partial charge in [0.25, 0.3) is 0 Å². The quantitative estimate of drug-likeness (QED) is 0.746. The van der Waals surface area contributed by atoms with E-state index < -0.39 is 0 Å². The second-order valence-corrected chi connectivity index (χ2v) is 6.55. The van der Waals surface area contributed by atoms with Gasteiger partial charge in [0.1, 0.15) is 0 Å². The first-order valence-electron chi connectivity index (χ1n) is 5.68. The van der Waals surface area contributed by atoms with E-state index in [1.54, 1.807) is 11.3 Å². The summed E-state index contributed by atoms with van der Waals surface area (Å²) in [6.45, 7) is 6.35. The third-order valence-corrected chi connectivity index (χ3v) is 4.53. The molecule has 2 rings (SSSR count). The summed E-state index contributed by atoms with van der Waals surface area (Å²) in [6.07, 6.45) is 0.990. The topological polar surface area (TPSA) is 12.9 Å². The molecule has 0 saturated heterocycles. The van der Waals surface area contributed by atoms with Gasteiger partial charge >= 0.3 is 0 Å². The van der Waals surface area contributed by atoms with E-state index in [1.807, 2.05) is 6.92 Å². The second kappa shape index (κ2) is 5.32. The van der Waals surface area contributed by atoms with Crippen LogP contribution in [0.25, 0.3) is 0 Å². The van der Waals surface area contributed by atoms with Crippen LogP contribution in [0.3, 0.4) is 0 Å². The zero-order valence-corrected chi connectivity index (χ0v) is 12.7. The van der Waals surface area contributed by atoms with Gasteiger partial charge in [0.05, 0.1) is 15.5 Å². The Bertz CT molecular complexity index is 519.